The van der Waals surface area contributed by atoms with E-state index in [1.165, 1.54) is 0 Å². The molecule has 0 rings (SSSR count). The molecule has 0 saturated heterocycles. The standard InChI is InChI=1S/C2H2O4.Li.H2O.H/c3-1(4)2(5)6;;;/h(H,3,4)(H,5,6);;1H2;. The molecule has 8 heavy (non-hydrogen) atoms. The Hall–Kier alpha value is -0.503. The fraction of sp³-hybridized carbons (Fsp3) is 0. The summed E-state index contributed by atoms with van der Waals surface area (Å²) < 4.78 is 0. The predicted molar refractivity (Wildman–Crippen MR) is 26.0 cm³/mol. The van der Waals surface area contributed by atoms with Gasteiger partial charge in [0.1, 0.15) is 0 Å². The molecule has 0 atom stereocenters. The normalized spacial score (nSPS) is 5.50. The Bertz CT molecular complexity index is 76.4. The summed E-state index contributed by atoms with van der Waals surface area (Å²) in [6.07, 6.45) is 0. The fourth-order valence-electron chi connectivity index (χ4n) is 0. The van der Waals surface area contributed by atoms with E-state index in [4.69, 9.17) is 19.8 Å². The van der Waals surface area contributed by atoms with E-state index in [-0.39, 0.29) is 24.3 Å². The third-order valence-corrected chi connectivity index (χ3v) is 0.183. The topological polar surface area (TPSA) is 106 Å². The Morgan fingerprint density at radius 3 is 1.12 bits per heavy atom. The van der Waals surface area contributed by atoms with Gasteiger partial charge >= 0.3 is 30.8 Å². The van der Waals surface area contributed by atoms with Crippen LogP contribution < -0.4 is 0 Å². The van der Waals surface area contributed by atoms with Crippen LogP contribution in [0.15, 0.2) is 0 Å². The Balaban J connectivity index is -0.000000125. The average molecular weight is 116 g/mol. The van der Waals surface area contributed by atoms with E-state index >= 15 is 0 Å². The van der Waals surface area contributed by atoms with Gasteiger partial charge in [-0.2, -0.15) is 0 Å². The van der Waals surface area contributed by atoms with Crippen LogP contribution in [0.1, 0.15) is 0 Å². The van der Waals surface area contributed by atoms with Gasteiger partial charge in [0.15, 0.2) is 0 Å². The number of carboxylic acid groups (broad SMARTS) is 2. The molecule has 0 aliphatic rings. The summed E-state index contributed by atoms with van der Waals surface area (Å²) in [4.78, 5) is 18.2. The van der Waals surface area contributed by atoms with E-state index in [2.05, 4.69) is 0 Å². The van der Waals surface area contributed by atoms with Gasteiger partial charge in [0.2, 0.25) is 0 Å². The summed E-state index contributed by atoms with van der Waals surface area (Å²) in [5.74, 6) is -3.65. The van der Waals surface area contributed by atoms with Gasteiger partial charge in [0, 0.05) is 0 Å². The molecule has 0 aliphatic heterocycles. The first kappa shape index (κ1) is 15.6. The Morgan fingerprint density at radius 1 is 1.00 bits per heavy atom. The maximum absolute atomic E-state index is 9.10. The van der Waals surface area contributed by atoms with Crippen molar-refractivity contribution in [1.82, 2.24) is 0 Å². The first-order valence-corrected chi connectivity index (χ1v) is 1.11. The zero-order valence-corrected chi connectivity index (χ0v) is 3.21. The molecule has 0 aromatic rings. The molecular formula is C2H5LiO5. The SMILES string of the molecule is O.O=C(O)C(=O)O.[LiH]. The molecule has 0 aliphatic carbocycles. The Labute approximate surface area is 56.8 Å². The molecule has 0 heterocycles. The minimum atomic E-state index is -1.82. The van der Waals surface area contributed by atoms with Crippen LogP contribution in [-0.4, -0.2) is 46.5 Å². The molecule has 0 spiro atoms. The van der Waals surface area contributed by atoms with Crippen LogP contribution in [0.4, 0.5) is 0 Å². The number of carbonyl (C=O) groups is 2. The van der Waals surface area contributed by atoms with Crippen molar-refractivity contribution in [3.05, 3.63) is 0 Å². The predicted octanol–water partition coefficient (Wildman–Crippen LogP) is -2.32. The molecule has 0 amide bonds. The number of hydrogen-bond acceptors (Lipinski definition) is 2. The fourth-order valence-corrected chi connectivity index (χ4v) is 0. The quantitative estimate of drug-likeness (QED) is 0.273. The van der Waals surface area contributed by atoms with E-state index in [0.717, 1.165) is 0 Å². The number of carboxylic acids is 2. The molecular weight excluding hydrogens is 111 g/mol. The second-order valence-corrected chi connectivity index (χ2v) is 0.610. The molecule has 6 heteroatoms. The van der Waals surface area contributed by atoms with Gasteiger partial charge in [-0.15, -0.1) is 0 Å². The van der Waals surface area contributed by atoms with E-state index in [0.29, 0.717) is 0 Å². The second-order valence-electron chi connectivity index (χ2n) is 0.610. The molecule has 4 N–H and O–H groups in total. The summed E-state index contributed by atoms with van der Waals surface area (Å²) in [5, 5.41) is 14.8. The Kier molecular flexibility index (Phi) is 12.7. The van der Waals surface area contributed by atoms with Crippen LogP contribution >= 0.6 is 0 Å². The molecule has 0 saturated carbocycles. The van der Waals surface area contributed by atoms with Crippen molar-refractivity contribution in [1.29, 1.82) is 0 Å². The molecule has 5 nitrogen and oxygen atoms in total. The van der Waals surface area contributed by atoms with E-state index in [9.17, 15) is 0 Å². The third kappa shape index (κ3) is 9.09. The van der Waals surface area contributed by atoms with Crippen molar-refractivity contribution in [2.45, 2.75) is 0 Å². The molecule has 0 unspecified atom stereocenters. The van der Waals surface area contributed by atoms with Gasteiger partial charge in [0.05, 0.1) is 0 Å². The van der Waals surface area contributed by atoms with Crippen molar-refractivity contribution in [2.24, 2.45) is 0 Å². The first-order chi connectivity index (χ1) is 2.64. The van der Waals surface area contributed by atoms with Gasteiger partial charge in [-0.3, -0.25) is 0 Å². The van der Waals surface area contributed by atoms with Crippen molar-refractivity contribution in [3.8, 4) is 0 Å². The number of aliphatic carboxylic acids is 2. The molecule has 0 radical (unpaired) electrons. The zero-order valence-electron chi connectivity index (χ0n) is 3.21. The van der Waals surface area contributed by atoms with Crippen LogP contribution in [0, 0.1) is 0 Å². The average Bonchev–Trinajstić information content (AvgIpc) is 1.36. The van der Waals surface area contributed by atoms with Crippen molar-refractivity contribution < 1.29 is 25.3 Å². The van der Waals surface area contributed by atoms with Gasteiger partial charge in [-0.25, -0.2) is 9.59 Å². The van der Waals surface area contributed by atoms with Crippen LogP contribution in [0.5, 0.6) is 0 Å². The summed E-state index contributed by atoms with van der Waals surface area (Å²) >= 11 is 0. The Morgan fingerprint density at radius 2 is 1.12 bits per heavy atom. The van der Waals surface area contributed by atoms with Crippen LogP contribution in [0.2, 0.25) is 0 Å². The van der Waals surface area contributed by atoms with Crippen molar-refractivity contribution in [2.75, 3.05) is 0 Å². The molecule has 0 aromatic heterocycles. The second kappa shape index (κ2) is 6.50. The van der Waals surface area contributed by atoms with E-state index in [1.54, 1.807) is 0 Å². The van der Waals surface area contributed by atoms with E-state index < -0.39 is 11.9 Å². The van der Waals surface area contributed by atoms with Gasteiger partial charge in [-0.1, -0.05) is 0 Å². The molecule has 0 bridgehead atoms. The minimum absolute atomic E-state index is 0. The van der Waals surface area contributed by atoms with Crippen molar-refractivity contribution >= 4 is 30.8 Å². The number of rotatable bonds is 0. The third-order valence-electron chi connectivity index (χ3n) is 0.183. The van der Waals surface area contributed by atoms with Gasteiger partial charge < -0.3 is 15.7 Å². The monoisotopic (exact) mass is 116 g/mol. The molecule has 44 valence electrons. The van der Waals surface area contributed by atoms with Crippen LogP contribution in [0.3, 0.4) is 0 Å². The molecule has 0 aromatic carbocycles. The number of hydrogen-bond donors (Lipinski definition) is 2. The zero-order chi connectivity index (χ0) is 5.15. The summed E-state index contributed by atoms with van der Waals surface area (Å²) in [6, 6.07) is 0. The summed E-state index contributed by atoms with van der Waals surface area (Å²) in [6.45, 7) is 0. The molecule has 0 fully saturated rings. The van der Waals surface area contributed by atoms with Gasteiger partial charge in [0.25, 0.3) is 0 Å². The maximum atomic E-state index is 9.10. The van der Waals surface area contributed by atoms with Crippen LogP contribution in [-0.2, 0) is 9.59 Å². The summed E-state index contributed by atoms with van der Waals surface area (Å²) in [7, 11) is 0. The van der Waals surface area contributed by atoms with Gasteiger partial charge in [-0.05, 0) is 0 Å². The summed E-state index contributed by atoms with van der Waals surface area (Å²) in [5.41, 5.74) is 0. The van der Waals surface area contributed by atoms with Crippen molar-refractivity contribution in [3.63, 3.8) is 0 Å². The first-order valence-electron chi connectivity index (χ1n) is 1.11. The van der Waals surface area contributed by atoms with E-state index in [1.807, 2.05) is 0 Å². The van der Waals surface area contributed by atoms with Crippen LogP contribution in [0.25, 0.3) is 0 Å².